The van der Waals surface area contributed by atoms with Crippen LogP contribution in [0.3, 0.4) is 0 Å². The Hall–Kier alpha value is -3.70. The van der Waals surface area contributed by atoms with Gasteiger partial charge in [0.15, 0.2) is 5.72 Å². The molecule has 3 N–H and O–H groups in total. The Morgan fingerprint density at radius 3 is 2.55 bits per heavy atom. The number of nitrogens with zero attached hydrogens (tertiary/aromatic N) is 2. The van der Waals surface area contributed by atoms with Crippen molar-refractivity contribution in [3.05, 3.63) is 46.5 Å². The van der Waals surface area contributed by atoms with Crippen molar-refractivity contribution in [3.63, 3.8) is 0 Å². The molecule has 1 aromatic rings. The number of benzene rings is 1. The van der Waals surface area contributed by atoms with Gasteiger partial charge in [0.2, 0.25) is 17.7 Å². The maximum absolute atomic E-state index is 14.3. The lowest BCUT2D eigenvalue weighted by atomic mass is 9.83. The van der Waals surface area contributed by atoms with Gasteiger partial charge in [-0.25, -0.2) is 9.59 Å². The fourth-order valence-electron chi connectivity index (χ4n) is 7.90. The topological polar surface area (TPSA) is 186 Å². The number of epoxide rings is 1. The zero-order valence-corrected chi connectivity index (χ0v) is 36.6. The largest absolute Gasteiger partial charge is 0.495 e. The molecule has 15 nitrogen and oxygen atoms in total. The molecule has 320 valence electrons. The Bertz CT molecular complexity index is 1810. The van der Waals surface area contributed by atoms with Crippen LogP contribution in [0.15, 0.2) is 35.9 Å². The molecule has 17 heteroatoms. The number of methoxy groups -OCH3 is 2. The predicted molar refractivity (Wildman–Crippen MR) is 219 cm³/mol. The van der Waals surface area contributed by atoms with Crippen molar-refractivity contribution in [1.29, 1.82) is 0 Å². The summed E-state index contributed by atoms with van der Waals surface area (Å²) in [6.45, 7) is 5.97. The van der Waals surface area contributed by atoms with Crippen molar-refractivity contribution in [1.82, 2.24) is 15.5 Å². The Labute approximate surface area is 353 Å². The van der Waals surface area contributed by atoms with E-state index in [1.807, 2.05) is 13.0 Å². The number of nitrogens with one attached hydrogen (secondary N) is 2. The van der Waals surface area contributed by atoms with Gasteiger partial charge in [0.25, 0.3) is 0 Å². The zero-order valence-electron chi connectivity index (χ0n) is 34.2. The summed E-state index contributed by atoms with van der Waals surface area (Å²) in [5.41, 5.74) is -2.14. The molecule has 1 saturated carbocycles. The van der Waals surface area contributed by atoms with Gasteiger partial charge < -0.3 is 43.9 Å². The molecule has 5 rings (SSSR count). The number of allylic oxidation sites excluding steroid dienone is 3. The Morgan fingerprint density at radius 2 is 1.90 bits per heavy atom. The van der Waals surface area contributed by atoms with Crippen LogP contribution in [-0.4, -0.2) is 121 Å². The summed E-state index contributed by atoms with van der Waals surface area (Å²) >= 11 is 9.91. The molecule has 7 atom stereocenters. The van der Waals surface area contributed by atoms with E-state index in [0.29, 0.717) is 56.5 Å². The Balaban J connectivity index is 1.43. The fourth-order valence-corrected chi connectivity index (χ4v) is 8.41. The van der Waals surface area contributed by atoms with Crippen molar-refractivity contribution in [2.45, 2.75) is 120 Å². The number of esters is 1. The second-order valence-electron chi connectivity index (χ2n) is 16.0. The third-order valence-electron chi connectivity index (χ3n) is 11.8. The standard InChI is InChI=1S/C41H56BrClN4O11/c1-24-12-11-13-30(55-7)41(53)22-29(56-38(52)45-41)25(2)36-39(3,58-36)31(21-34(50)46(4)27-19-26(18-24)20-28(54-6)35(27)43)57-37(51)40(15-16-40)47(5)33(49)14-9-8-10-17-44-32(48)23-42/h11-13,19-20,25,29-31,36,53H,8-10,14-18,21-23H2,1-7H3,(H,44,48)(H,45,52)/b13-11+,24-12+. The molecule has 58 heavy (non-hydrogen) atoms. The minimum absolute atomic E-state index is 0.0564. The molecule has 1 aliphatic carbocycles. The van der Waals surface area contributed by atoms with Gasteiger partial charge in [-0.3, -0.25) is 19.7 Å². The molecule has 1 aromatic carbocycles. The van der Waals surface area contributed by atoms with Crippen LogP contribution in [0.5, 0.6) is 5.75 Å². The van der Waals surface area contributed by atoms with Crippen LogP contribution in [0.2, 0.25) is 5.02 Å². The molecule has 3 aliphatic heterocycles. The number of alkyl halides is 1. The Kier molecular flexibility index (Phi) is 14.6. The van der Waals surface area contributed by atoms with Crippen LogP contribution in [-0.2, 0) is 44.5 Å². The van der Waals surface area contributed by atoms with Gasteiger partial charge in [-0.1, -0.05) is 64.7 Å². The number of rotatable bonds is 12. The SMILES string of the molecule is COc1cc2cc(c1Cl)N(C)C(=O)CC(OC(=O)C1(N(C)C(=O)CCCCCNC(=O)CBr)CC1)C1(C)OC1C(C)C1CC(O)(NC(=O)O1)C(OC)/C=C/C=C(\C)C2. The maximum Gasteiger partial charge on any atom is 0.409 e. The number of halogens is 2. The predicted octanol–water partition coefficient (Wildman–Crippen LogP) is 4.73. The monoisotopic (exact) mass is 894 g/mol. The van der Waals surface area contributed by atoms with Crippen LogP contribution >= 0.6 is 27.5 Å². The second-order valence-corrected chi connectivity index (χ2v) is 16.9. The first-order chi connectivity index (χ1) is 27.4. The number of hydrogen-bond donors (Lipinski definition) is 3. The highest BCUT2D eigenvalue weighted by molar-refractivity contribution is 9.09. The summed E-state index contributed by atoms with van der Waals surface area (Å²) in [5, 5.41) is 17.5. The highest BCUT2D eigenvalue weighted by Crippen LogP contribution is 2.51. The molecule has 3 heterocycles. The zero-order chi connectivity index (χ0) is 42.6. The number of amides is 4. The molecule has 0 aromatic heterocycles. The van der Waals surface area contributed by atoms with E-state index >= 15 is 0 Å². The van der Waals surface area contributed by atoms with E-state index in [4.69, 9.17) is 35.3 Å². The van der Waals surface area contributed by atoms with Crippen LogP contribution in [0.1, 0.15) is 77.7 Å². The normalized spacial score (nSPS) is 30.7. The van der Waals surface area contributed by atoms with E-state index in [2.05, 4.69) is 26.6 Å². The molecule has 4 aliphatic rings. The number of carbonyl (C=O) groups excluding carboxylic acids is 5. The lowest BCUT2D eigenvalue weighted by Crippen LogP contribution is -2.63. The smallest absolute Gasteiger partial charge is 0.409 e. The molecule has 4 bridgehead atoms. The van der Waals surface area contributed by atoms with Crippen molar-refractivity contribution in [2.75, 3.05) is 45.1 Å². The summed E-state index contributed by atoms with van der Waals surface area (Å²) in [5.74, 6) is -1.56. The summed E-state index contributed by atoms with van der Waals surface area (Å²) in [6, 6.07) is 3.59. The number of carbonyl (C=O) groups is 5. The number of hydrogen-bond acceptors (Lipinski definition) is 11. The quantitative estimate of drug-likeness (QED) is 0.114. The van der Waals surface area contributed by atoms with Crippen LogP contribution in [0, 0.1) is 5.92 Å². The molecule has 3 fully saturated rings. The summed E-state index contributed by atoms with van der Waals surface area (Å²) in [7, 11) is 6.10. The number of likely N-dealkylation sites (N-methyl/N-ethyl adjacent to an activating group) is 1. The van der Waals surface area contributed by atoms with Crippen molar-refractivity contribution >= 4 is 63.0 Å². The van der Waals surface area contributed by atoms with Crippen LogP contribution in [0.25, 0.3) is 0 Å². The molecule has 2 saturated heterocycles. The third-order valence-corrected chi connectivity index (χ3v) is 12.7. The number of aliphatic hydroxyl groups is 1. The summed E-state index contributed by atoms with van der Waals surface area (Å²) in [4.78, 5) is 69.1. The Morgan fingerprint density at radius 1 is 1.17 bits per heavy atom. The average molecular weight is 896 g/mol. The van der Waals surface area contributed by atoms with Crippen LogP contribution in [0.4, 0.5) is 10.5 Å². The minimum Gasteiger partial charge on any atom is -0.495 e. The van der Waals surface area contributed by atoms with E-state index < -0.39 is 65.2 Å². The molecule has 4 amide bonds. The first kappa shape index (κ1) is 45.4. The lowest BCUT2D eigenvalue weighted by molar-refractivity contribution is -0.164. The number of alkyl carbamates (subject to hydrolysis) is 1. The average Bonchev–Trinajstić information content (AvgIpc) is 4.12. The van der Waals surface area contributed by atoms with E-state index in [1.54, 1.807) is 52.2 Å². The van der Waals surface area contributed by atoms with E-state index in [1.165, 1.54) is 24.0 Å². The van der Waals surface area contributed by atoms with E-state index in [9.17, 15) is 29.1 Å². The van der Waals surface area contributed by atoms with Gasteiger partial charge in [0, 0.05) is 46.5 Å². The number of unbranched alkanes of at least 4 members (excludes halogenated alkanes) is 2. The van der Waals surface area contributed by atoms with Crippen LogP contribution < -0.4 is 20.3 Å². The first-order valence-corrected chi connectivity index (χ1v) is 21.1. The molecular weight excluding hydrogens is 840 g/mol. The summed E-state index contributed by atoms with van der Waals surface area (Å²) < 4.78 is 29.5. The van der Waals surface area contributed by atoms with Gasteiger partial charge in [0.1, 0.15) is 40.2 Å². The van der Waals surface area contributed by atoms with Crippen molar-refractivity contribution in [3.8, 4) is 5.75 Å². The highest BCUT2D eigenvalue weighted by atomic mass is 79.9. The van der Waals surface area contributed by atoms with Gasteiger partial charge in [0.05, 0.1) is 30.7 Å². The molecule has 0 radical (unpaired) electrons. The van der Waals surface area contributed by atoms with Crippen molar-refractivity contribution in [2.24, 2.45) is 5.92 Å². The second kappa shape index (κ2) is 18.7. The minimum atomic E-state index is -1.84. The van der Waals surface area contributed by atoms with E-state index in [-0.39, 0.29) is 41.4 Å². The third kappa shape index (κ3) is 10.0. The van der Waals surface area contributed by atoms with Gasteiger partial charge in [-0.2, -0.15) is 0 Å². The molecular formula is C41H56BrClN4O11. The van der Waals surface area contributed by atoms with E-state index in [0.717, 1.165) is 11.1 Å². The number of fused-ring (bicyclic) bond motifs is 5. The van der Waals surface area contributed by atoms with Gasteiger partial charge in [-0.15, -0.1) is 0 Å². The van der Waals surface area contributed by atoms with Crippen molar-refractivity contribution < 1.29 is 52.8 Å². The number of ether oxygens (including phenoxy) is 5. The fraction of sp³-hybridized carbons (Fsp3) is 0.634. The highest BCUT2D eigenvalue weighted by Gasteiger charge is 2.66. The van der Waals surface area contributed by atoms with Gasteiger partial charge in [-0.05, 0) is 63.6 Å². The molecule has 7 unspecified atom stereocenters. The maximum atomic E-state index is 14.3. The number of anilines is 1. The lowest BCUT2D eigenvalue weighted by Gasteiger charge is -2.42. The van der Waals surface area contributed by atoms with Gasteiger partial charge >= 0.3 is 12.1 Å². The molecule has 0 spiro atoms. The first-order valence-electron chi connectivity index (χ1n) is 19.6. The summed E-state index contributed by atoms with van der Waals surface area (Å²) in [6.07, 6.45) is 3.90.